The zero-order valence-electron chi connectivity index (χ0n) is 14.1. The van der Waals surface area contributed by atoms with Crippen LogP contribution in [0.25, 0.3) is 0 Å². The van der Waals surface area contributed by atoms with E-state index in [0.29, 0.717) is 11.6 Å². The minimum Gasteiger partial charge on any atom is -0.348 e. The van der Waals surface area contributed by atoms with E-state index in [9.17, 15) is 13.2 Å². The molecular formula is C18H21ClN2O3S. The smallest absolute Gasteiger partial charge is 0.251 e. The molecule has 2 aromatic rings. The predicted molar refractivity (Wildman–Crippen MR) is 99.1 cm³/mol. The average molecular weight is 381 g/mol. The molecule has 0 fully saturated rings. The topological polar surface area (TPSA) is 75.3 Å². The fourth-order valence-corrected chi connectivity index (χ4v) is 3.55. The van der Waals surface area contributed by atoms with Gasteiger partial charge in [0, 0.05) is 23.7 Å². The van der Waals surface area contributed by atoms with Gasteiger partial charge in [0.15, 0.2) is 0 Å². The van der Waals surface area contributed by atoms with Crippen molar-refractivity contribution in [3.63, 3.8) is 0 Å². The van der Waals surface area contributed by atoms with Gasteiger partial charge in [-0.05, 0) is 35.7 Å². The summed E-state index contributed by atoms with van der Waals surface area (Å²) in [5.41, 5.74) is 1.07. The summed E-state index contributed by atoms with van der Waals surface area (Å²) in [6, 6.07) is 13.2. The van der Waals surface area contributed by atoms with Crippen LogP contribution in [0.1, 0.15) is 29.8 Å². The van der Waals surface area contributed by atoms with Crippen LogP contribution in [-0.2, 0) is 16.6 Å². The number of carbonyl (C=O) groups is 1. The molecule has 5 nitrogen and oxygen atoms in total. The summed E-state index contributed by atoms with van der Waals surface area (Å²) >= 11 is 6.06. The molecule has 2 N–H and O–H groups in total. The summed E-state index contributed by atoms with van der Waals surface area (Å²) < 4.78 is 27.1. The molecule has 0 aliphatic carbocycles. The highest BCUT2D eigenvalue weighted by molar-refractivity contribution is 7.89. The quantitative estimate of drug-likeness (QED) is 0.774. The van der Waals surface area contributed by atoms with Gasteiger partial charge in [-0.3, -0.25) is 4.79 Å². The van der Waals surface area contributed by atoms with Gasteiger partial charge < -0.3 is 5.32 Å². The highest BCUT2D eigenvalue weighted by atomic mass is 35.5. The normalized spacial score (nSPS) is 11.5. The summed E-state index contributed by atoms with van der Waals surface area (Å²) in [5.74, 6) is -0.169. The van der Waals surface area contributed by atoms with Gasteiger partial charge >= 0.3 is 0 Å². The molecule has 0 atom stereocenters. The lowest BCUT2D eigenvalue weighted by molar-refractivity contribution is 0.0950. The van der Waals surface area contributed by atoms with Gasteiger partial charge in [-0.15, -0.1) is 0 Å². The molecule has 134 valence electrons. The molecule has 0 spiro atoms. The Labute approximate surface area is 153 Å². The van der Waals surface area contributed by atoms with E-state index in [1.807, 2.05) is 32.0 Å². The number of benzene rings is 2. The molecule has 2 aromatic carbocycles. The molecule has 0 saturated heterocycles. The summed E-state index contributed by atoms with van der Waals surface area (Å²) in [6.45, 7) is 4.44. The van der Waals surface area contributed by atoms with Crippen molar-refractivity contribution in [3.8, 4) is 0 Å². The first-order valence-corrected chi connectivity index (χ1v) is 9.77. The largest absolute Gasteiger partial charge is 0.348 e. The Balaban J connectivity index is 2.10. The molecule has 0 radical (unpaired) electrons. The molecule has 0 unspecified atom stereocenters. The van der Waals surface area contributed by atoms with E-state index in [4.69, 9.17) is 11.6 Å². The van der Waals surface area contributed by atoms with Gasteiger partial charge in [-0.2, -0.15) is 0 Å². The second-order valence-electron chi connectivity index (χ2n) is 6.05. The minimum atomic E-state index is -3.64. The Bertz CT molecular complexity index is 851. The third kappa shape index (κ3) is 5.56. The molecule has 0 heterocycles. The summed E-state index contributed by atoms with van der Waals surface area (Å²) in [6.07, 6.45) is 0. The van der Waals surface area contributed by atoms with Crippen molar-refractivity contribution in [2.45, 2.75) is 25.3 Å². The van der Waals surface area contributed by atoms with Gasteiger partial charge in [-0.25, -0.2) is 13.1 Å². The first-order chi connectivity index (χ1) is 11.8. The number of halogens is 1. The second kappa shape index (κ2) is 8.47. The first-order valence-electron chi connectivity index (χ1n) is 7.91. The number of carbonyl (C=O) groups excluding carboxylic acids is 1. The van der Waals surface area contributed by atoms with Crippen LogP contribution >= 0.6 is 11.6 Å². The molecule has 1 amide bonds. The van der Waals surface area contributed by atoms with Crippen LogP contribution in [0.3, 0.4) is 0 Å². The predicted octanol–water partition coefficient (Wildman–Crippen LogP) is 3.20. The number of hydrogen-bond acceptors (Lipinski definition) is 3. The van der Waals surface area contributed by atoms with Gasteiger partial charge in [-0.1, -0.05) is 49.7 Å². The van der Waals surface area contributed by atoms with Crippen molar-refractivity contribution in [1.29, 1.82) is 0 Å². The molecule has 0 aliphatic rings. The molecule has 7 heteroatoms. The fraction of sp³-hybridized carbons (Fsp3) is 0.278. The van der Waals surface area contributed by atoms with Crippen LogP contribution in [0.4, 0.5) is 0 Å². The van der Waals surface area contributed by atoms with Crippen LogP contribution in [0.15, 0.2) is 53.4 Å². The Hall–Kier alpha value is -1.89. The van der Waals surface area contributed by atoms with E-state index >= 15 is 0 Å². The number of hydrogen-bond donors (Lipinski definition) is 2. The lowest BCUT2D eigenvalue weighted by atomic mass is 10.2. The third-order valence-electron chi connectivity index (χ3n) is 3.49. The summed E-state index contributed by atoms with van der Waals surface area (Å²) in [4.78, 5) is 12.4. The fourth-order valence-electron chi connectivity index (χ4n) is 2.08. The van der Waals surface area contributed by atoms with Crippen molar-refractivity contribution in [2.24, 2.45) is 5.92 Å². The highest BCUT2D eigenvalue weighted by Gasteiger charge is 2.16. The standard InChI is InChI=1S/C18H21ClN2O3S/c1-13(2)11-21-25(23,24)16-8-5-7-14(10-16)18(22)20-12-15-6-3-4-9-17(15)19/h3-10,13,21H,11-12H2,1-2H3,(H,20,22). The zero-order chi connectivity index (χ0) is 18.4. The monoisotopic (exact) mass is 380 g/mol. The zero-order valence-corrected chi connectivity index (χ0v) is 15.7. The van der Waals surface area contributed by atoms with E-state index in [-0.39, 0.29) is 28.8 Å². The van der Waals surface area contributed by atoms with Crippen molar-refractivity contribution in [1.82, 2.24) is 10.0 Å². The van der Waals surface area contributed by atoms with Crippen LogP contribution in [0.2, 0.25) is 5.02 Å². The van der Waals surface area contributed by atoms with Crippen molar-refractivity contribution in [2.75, 3.05) is 6.54 Å². The van der Waals surface area contributed by atoms with Crippen LogP contribution in [0, 0.1) is 5.92 Å². The average Bonchev–Trinajstić information content (AvgIpc) is 2.59. The third-order valence-corrected chi connectivity index (χ3v) is 5.28. The van der Waals surface area contributed by atoms with E-state index in [0.717, 1.165) is 5.56 Å². The maximum atomic E-state index is 12.3. The highest BCUT2D eigenvalue weighted by Crippen LogP contribution is 2.15. The molecule has 25 heavy (non-hydrogen) atoms. The lowest BCUT2D eigenvalue weighted by Gasteiger charge is -2.10. The second-order valence-corrected chi connectivity index (χ2v) is 8.22. The van der Waals surface area contributed by atoms with Crippen LogP contribution < -0.4 is 10.0 Å². The molecule has 0 aliphatic heterocycles. The van der Waals surface area contributed by atoms with E-state index in [1.54, 1.807) is 18.2 Å². The Morgan fingerprint density at radius 2 is 1.84 bits per heavy atom. The van der Waals surface area contributed by atoms with Crippen LogP contribution in [0.5, 0.6) is 0 Å². The Morgan fingerprint density at radius 3 is 2.52 bits per heavy atom. The SMILES string of the molecule is CC(C)CNS(=O)(=O)c1cccc(C(=O)NCc2ccccc2Cl)c1. The van der Waals surface area contributed by atoms with E-state index < -0.39 is 10.0 Å². The van der Waals surface area contributed by atoms with Crippen LogP contribution in [-0.4, -0.2) is 20.9 Å². The number of rotatable bonds is 7. The molecular weight excluding hydrogens is 360 g/mol. The minimum absolute atomic E-state index is 0.0681. The van der Waals surface area contributed by atoms with Gasteiger partial charge in [0.05, 0.1) is 4.90 Å². The van der Waals surface area contributed by atoms with E-state index in [1.165, 1.54) is 12.1 Å². The molecule has 0 saturated carbocycles. The first kappa shape index (κ1) is 19.4. The summed E-state index contributed by atoms with van der Waals surface area (Å²) in [5, 5.41) is 3.31. The summed E-state index contributed by atoms with van der Waals surface area (Å²) in [7, 11) is -3.64. The van der Waals surface area contributed by atoms with Gasteiger partial charge in [0.1, 0.15) is 0 Å². The number of amides is 1. The maximum absolute atomic E-state index is 12.3. The Kier molecular flexibility index (Phi) is 6.58. The molecule has 2 rings (SSSR count). The van der Waals surface area contributed by atoms with Crippen molar-refractivity contribution < 1.29 is 13.2 Å². The van der Waals surface area contributed by atoms with Gasteiger partial charge in [0.25, 0.3) is 5.91 Å². The van der Waals surface area contributed by atoms with Crippen molar-refractivity contribution >= 4 is 27.5 Å². The van der Waals surface area contributed by atoms with E-state index in [2.05, 4.69) is 10.0 Å². The Morgan fingerprint density at radius 1 is 1.12 bits per heavy atom. The number of nitrogens with one attached hydrogen (secondary N) is 2. The van der Waals surface area contributed by atoms with Crippen molar-refractivity contribution in [3.05, 3.63) is 64.7 Å². The molecule has 0 bridgehead atoms. The maximum Gasteiger partial charge on any atom is 0.251 e. The van der Waals surface area contributed by atoms with Gasteiger partial charge in [0.2, 0.25) is 10.0 Å². The molecule has 0 aromatic heterocycles. The number of sulfonamides is 1. The lowest BCUT2D eigenvalue weighted by Crippen LogP contribution is -2.28.